The zero-order valence-electron chi connectivity index (χ0n) is 16.1. The number of nitrogens with zero attached hydrogens (tertiary/aromatic N) is 5. The molecule has 0 saturated heterocycles. The van der Waals surface area contributed by atoms with Gasteiger partial charge in [-0.05, 0) is 32.1 Å². The fourth-order valence-corrected chi connectivity index (χ4v) is 3.92. The molecule has 2 aliphatic heterocycles. The Kier molecular flexibility index (Phi) is 5.05. The minimum absolute atomic E-state index is 0.0109. The summed E-state index contributed by atoms with van der Waals surface area (Å²) >= 11 is 5.94. The molecule has 1 amide bonds. The van der Waals surface area contributed by atoms with Crippen molar-refractivity contribution >= 4 is 23.5 Å². The summed E-state index contributed by atoms with van der Waals surface area (Å²) < 4.78 is 41.1. The van der Waals surface area contributed by atoms with Crippen LogP contribution in [-0.4, -0.2) is 44.3 Å². The number of benzene rings is 1. The maximum Gasteiger partial charge on any atom is 0.417 e. The molecule has 0 spiro atoms. The highest BCUT2D eigenvalue weighted by molar-refractivity contribution is 6.34. The van der Waals surface area contributed by atoms with E-state index in [0.29, 0.717) is 18.1 Å². The standard InChI is InChI=1S/C19H18ClF3N6O/c1-10-6-8-24-18(25-10)29-14-7-9-28(11(2)16(14)26-27-29)17(30)12-4-3-5-13(15(12)20)19(21,22)23/h3-6,8,10-11H,7,9H2,1-2H3,(H,24,25). The summed E-state index contributed by atoms with van der Waals surface area (Å²) in [6, 6.07) is 2.84. The first-order valence-electron chi connectivity index (χ1n) is 9.31. The SMILES string of the molecule is CC1C=CNC(n2nnc3c2CCN(C(=O)c2cccc(C(F)(F)F)c2Cl)C3C)=N1. The van der Waals surface area contributed by atoms with E-state index in [4.69, 9.17) is 11.6 Å². The summed E-state index contributed by atoms with van der Waals surface area (Å²) in [5.74, 6) is -0.0462. The fraction of sp³-hybridized carbons (Fsp3) is 0.368. The summed E-state index contributed by atoms with van der Waals surface area (Å²) in [6.07, 6.45) is -0.544. The number of aromatic nitrogens is 3. The van der Waals surface area contributed by atoms with Crippen LogP contribution in [0.2, 0.25) is 5.02 Å². The molecule has 0 fully saturated rings. The third kappa shape index (κ3) is 3.45. The molecule has 2 atom stereocenters. The third-order valence-electron chi connectivity index (χ3n) is 5.16. The first-order valence-corrected chi connectivity index (χ1v) is 9.68. The lowest BCUT2D eigenvalue weighted by molar-refractivity contribution is -0.137. The molecular formula is C19H18ClF3N6O. The van der Waals surface area contributed by atoms with Crippen molar-refractivity contribution in [2.75, 3.05) is 6.54 Å². The normalized spacial score (nSPS) is 21.1. The smallest absolute Gasteiger partial charge is 0.331 e. The van der Waals surface area contributed by atoms with Gasteiger partial charge in [0.15, 0.2) is 0 Å². The zero-order valence-corrected chi connectivity index (χ0v) is 16.9. The maximum atomic E-state index is 13.2. The second-order valence-electron chi connectivity index (χ2n) is 7.12. The fourth-order valence-electron chi connectivity index (χ4n) is 3.61. The Hall–Kier alpha value is -2.88. The van der Waals surface area contributed by atoms with Crippen molar-refractivity contribution in [2.45, 2.75) is 38.5 Å². The lowest BCUT2D eigenvalue weighted by Gasteiger charge is -2.33. The number of halogens is 4. The number of carbonyl (C=O) groups is 1. The molecule has 1 N–H and O–H groups in total. The molecule has 0 bridgehead atoms. The first-order chi connectivity index (χ1) is 14.2. The summed E-state index contributed by atoms with van der Waals surface area (Å²) in [5, 5.41) is 10.8. The van der Waals surface area contributed by atoms with Gasteiger partial charge in [0.2, 0.25) is 5.96 Å². The van der Waals surface area contributed by atoms with Gasteiger partial charge in [0.1, 0.15) is 5.69 Å². The van der Waals surface area contributed by atoms with Crippen molar-refractivity contribution in [1.29, 1.82) is 0 Å². The van der Waals surface area contributed by atoms with E-state index in [1.807, 2.05) is 13.0 Å². The van der Waals surface area contributed by atoms with E-state index in [9.17, 15) is 18.0 Å². The molecular weight excluding hydrogens is 421 g/mol. The largest absolute Gasteiger partial charge is 0.417 e. The number of hydrogen-bond acceptors (Lipinski definition) is 5. The highest BCUT2D eigenvalue weighted by atomic mass is 35.5. The molecule has 4 rings (SSSR count). The van der Waals surface area contributed by atoms with Crippen LogP contribution in [0.15, 0.2) is 35.5 Å². The Morgan fingerprint density at radius 1 is 1.30 bits per heavy atom. The van der Waals surface area contributed by atoms with Crippen molar-refractivity contribution in [1.82, 2.24) is 25.2 Å². The van der Waals surface area contributed by atoms with Gasteiger partial charge in [0.25, 0.3) is 5.91 Å². The average Bonchev–Trinajstić information content (AvgIpc) is 3.12. The summed E-state index contributed by atoms with van der Waals surface area (Å²) in [6.45, 7) is 3.98. The van der Waals surface area contributed by atoms with Crippen LogP contribution in [0.1, 0.15) is 47.2 Å². The van der Waals surface area contributed by atoms with Crippen LogP contribution in [0.25, 0.3) is 0 Å². The van der Waals surface area contributed by atoms with Crippen LogP contribution in [-0.2, 0) is 12.6 Å². The lowest BCUT2D eigenvalue weighted by Crippen LogP contribution is -2.41. The minimum atomic E-state index is -4.64. The van der Waals surface area contributed by atoms with E-state index < -0.39 is 28.7 Å². The molecule has 7 nitrogen and oxygen atoms in total. The van der Waals surface area contributed by atoms with Gasteiger partial charge in [-0.25, -0.2) is 4.99 Å². The lowest BCUT2D eigenvalue weighted by atomic mass is 10.0. The van der Waals surface area contributed by atoms with Gasteiger partial charge in [-0.15, -0.1) is 5.10 Å². The van der Waals surface area contributed by atoms with Gasteiger partial charge < -0.3 is 10.2 Å². The van der Waals surface area contributed by atoms with Crippen LogP contribution in [0, 0.1) is 0 Å². The maximum absolute atomic E-state index is 13.2. The average molecular weight is 439 g/mol. The predicted octanol–water partition coefficient (Wildman–Crippen LogP) is 3.42. The van der Waals surface area contributed by atoms with Crippen molar-refractivity contribution < 1.29 is 18.0 Å². The van der Waals surface area contributed by atoms with Crippen LogP contribution in [0.4, 0.5) is 13.2 Å². The highest BCUT2D eigenvalue weighted by Crippen LogP contribution is 2.37. The van der Waals surface area contributed by atoms with Gasteiger partial charge in [-0.3, -0.25) is 4.79 Å². The number of aliphatic imine (C=N–C) groups is 1. The molecule has 2 aliphatic rings. The van der Waals surface area contributed by atoms with Gasteiger partial charge in [0, 0.05) is 19.2 Å². The molecule has 30 heavy (non-hydrogen) atoms. The molecule has 11 heteroatoms. The molecule has 0 aliphatic carbocycles. The quantitative estimate of drug-likeness (QED) is 0.740. The van der Waals surface area contributed by atoms with Gasteiger partial charge in [-0.2, -0.15) is 17.9 Å². The summed E-state index contributed by atoms with van der Waals surface area (Å²) in [4.78, 5) is 19.0. The monoisotopic (exact) mass is 438 g/mol. The Morgan fingerprint density at radius 2 is 2.07 bits per heavy atom. The van der Waals surface area contributed by atoms with E-state index in [1.165, 1.54) is 17.0 Å². The molecule has 158 valence electrons. The van der Waals surface area contributed by atoms with Crippen LogP contribution < -0.4 is 5.32 Å². The van der Waals surface area contributed by atoms with Crippen molar-refractivity contribution in [2.24, 2.45) is 4.99 Å². The Bertz CT molecular complexity index is 1060. The second kappa shape index (κ2) is 7.42. The van der Waals surface area contributed by atoms with E-state index in [1.54, 1.807) is 17.8 Å². The molecule has 2 aromatic rings. The number of carbonyl (C=O) groups excluding carboxylic acids is 1. The Labute approximate surface area is 175 Å². The molecule has 1 aromatic heterocycles. The Morgan fingerprint density at radius 3 is 2.77 bits per heavy atom. The van der Waals surface area contributed by atoms with E-state index in [2.05, 4.69) is 20.6 Å². The molecule has 0 saturated carbocycles. The van der Waals surface area contributed by atoms with E-state index >= 15 is 0 Å². The van der Waals surface area contributed by atoms with Gasteiger partial charge >= 0.3 is 6.18 Å². The molecule has 3 heterocycles. The molecule has 0 radical (unpaired) electrons. The molecule has 1 aromatic carbocycles. The van der Waals surface area contributed by atoms with E-state index in [0.717, 1.165) is 11.8 Å². The van der Waals surface area contributed by atoms with Gasteiger partial charge in [0.05, 0.1) is 33.9 Å². The van der Waals surface area contributed by atoms with Crippen molar-refractivity contribution in [3.05, 3.63) is 58.0 Å². The second-order valence-corrected chi connectivity index (χ2v) is 7.50. The van der Waals surface area contributed by atoms with Crippen molar-refractivity contribution in [3.8, 4) is 0 Å². The number of rotatable bonds is 1. The molecule has 2 unspecified atom stereocenters. The highest BCUT2D eigenvalue weighted by Gasteiger charge is 2.38. The minimum Gasteiger partial charge on any atom is -0.331 e. The topological polar surface area (TPSA) is 75.4 Å². The zero-order chi connectivity index (χ0) is 21.6. The predicted molar refractivity (Wildman–Crippen MR) is 104 cm³/mol. The van der Waals surface area contributed by atoms with Crippen LogP contribution in [0.5, 0.6) is 0 Å². The number of fused-ring (bicyclic) bond motifs is 1. The number of alkyl halides is 3. The summed E-state index contributed by atoms with van der Waals surface area (Å²) in [5.41, 5.74) is 0.154. The van der Waals surface area contributed by atoms with E-state index in [-0.39, 0.29) is 18.2 Å². The Balaban J connectivity index is 1.64. The summed E-state index contributed by atoms with van der Waals surface area (Å²) in [7, 11) is 0. The van der Waals surface area contributed by atoms with Crippen molar-refractivity contribution in [3.63, 3.8) is 0 Å². The third-order valence-corrected chi connectivity index (χ3v) is 5.56. The van der Waals surface area contributed by atoms with Gasteiger partial charge in [-0.1, -0.05) is 22.9 Å². The number of nitrogens with one attached hydrogen (secondary N) is 1. The van der Waals surface area contributed by atoms with Crippen LogP contribution >= 0.6 is 11.6 Å². The van der Waals surface area contributed by atoms with Crippen LogP contribution in [0.3, 0.4) is 0 Å². The number of hydrogen-bond donors (Lipinski definition) is 1. The first kappa shape index (κ1) is 20.4. The number of amides is 1.